The van der Waals surface area contributed by atoms with Gasteiger partial charge >= 0.3 is 0 Å². The third kappa shape index (κ3) is 24.0. The molecule has 2 N–H and O–H groups in total. The van der Waals surface area contributed by atoms with E-state index in [0.717, 1.165) is 12.8 Å². The summed E-state index contributed by atoms with van der Waals surface area (Å²) in [5.41, 5.74) is 0. The first kappa shape index (κ1) is 27.9. The number of unbranched alkanes of at least 4 members (excludes halogenated alkanes) is 21. The maximum Gasteiger partial charge on any atom is 0.0770 e. The monoisotopic (exact) mass is 398 g/mol. The Bertz CT molecular complexity index is 267. The van der Waals surface area contributed by atoms with Gasteiger partial charge in [0.2, 0.25) is 0 Å². The molecule has 170 valence electrons. The van der Waals surface area contributed by atoms with Crippen LogP contribution >= 0.6 is 0 Å². The number of rotatable bonds is 24. The molecule has 2 nitrogen and oxygen atoms in total. The molecule has 2 heteroatoms. The van der Waals surface area contributed by atoms with E-state index in [1.165, 1.54) is 135 Å². The summed E-state index contributed by atoms with van der Waals surface area (Å²) in [6.07, 6.45) is 31.1. The fraction of sp³-hybridized carbons (Fsp3) is 1.00. The molecule has 0 heterocycles. The highest BCUT2D eigenvalue weighted by molar-refractivity contribution is 4.54. The van der Waals surface area contributed by atoms with E-state index in [-0.39, 0.29) is 6.61 Å². The predicted molar refractivity (Wildman–Crippen MR) is 125 cm³/mol. The van der Waals surface area contributed by atoms with Gasteiger partial charge < -0.3 is 10.2 Å². The number of hydrogen-bond donors (Lipinski definition) is 2. The molecule has 0 saturated carbocycles. The molecule has 0 rings (SSSR count). The average Bonchev–Trinajstić information content (AvgIpc) is 2.71. The van der Waals surface area contributed by atoms with Crippen molar-refractivity contribution in [2.45, 2.75) is 161 Å². The molecule has 1 unspecified atom stereocenters. The molecule has 0 aliphatic rings. The molecular formula is C26H54O2. The predicted octanol–water partition coefficient (Wildman–Crippen LogP) is 8.33. The van der Waals surface area contributed by atoms with Crippen LogP contribution in [0.4, 0.5) is 0 Å². The van der Waals surface area contributed by atoms with Gasteiger partial charge in [0, 0.05) is 0 Å². The number of aliphatic hydroxyl groups excluding tert-OH is 2. The van der Waals surface area contributed by atoms with Crippen LogP contribution in [0.25, 0.3) is 0 Å². The Morgan fingerprint density at radius 3 is 0.929 bits per heavy atom. The van der Waals surface area contributed by atoms with E-state index in [1.807, 2.05) is 0 Å². The third-order valence-corrected chi connectivity index (χ3v) is 6.10. The van der Waals surface area contributed by atoms with E-state index < -0.39 is 6.10 Å². The van der Waals surface area contributed by atoms with Gasteiger partial charge in [-0.1, -0.05) is 148 Å². The highest BCUT2D eigenvalue weighted by Gasteiger charge is 2.00. The van der Waals surface area contributed by atoms with Crippen LogP contribution in [-0.2, 0) is 0 Å². The van der Waals surface area contributed by atoms with Crippen molar-refractivity contribution in [1.29, 1.82) is 0 Å². The molecule has 0 spiro atoms. The van der Waals surface area contributed by atoms with Gasteiger partial charge in [-0.15, -0.1) is 0 Å². The van der Waals surface area contributed by atoms with Crippen molar-refractivity contribution in [3.8, 4) is 0 Å². The van der Waals surface area contributed by atoms with Crippen LogP contribution in [0, 0.1) is 0 Å². The number of hydrogen-bond acceptors (Lipinski definition) is 2. The normalized spacial score (nSPS) is 12.5. The maximum atomic E-state index is 9.27. The average molecular weight is 399 g/mol. The Morgan fingerprint density at radius 2 is 0.679 bits per heavy atom. The van der Waals surface area contributed by atoms with Crippen LogP contribution in [-0.4, -0.2) is 22.9 Å². The van der Waals surface area contributed by atoms with Gasteiger partial charge in [-0.05, 0) is 6.42 Å². The zero-order chi connectivity index (χ0) is 20.5. The molecule has 0 fully saturated rings. The van der Waals surface area contributed by atoms with E-state index in [2.05, 4.69) is 6.92 Å². The molecule has 0 bridgehead atoms. The Labute approximate surface area is 177 Å². The van der Waals surface area contributed by atoms with Crippen LogP contribution in [0.3, 0.4) is 0 Å². The van der Waals surface area contributed by atoms with Crippen molar-refractivity contribution in [3.63, 3.8) is 0 Å². The number of aliphatic hydroxyl groups is 2. The lowest BCUT2D eigenvalue weighted by Gasteiger charge is -2.06. The fourth-order valence-electron chi connectivity index (χ4n) is 4.08. The summed E-state index contributed by atoms with van der Waals surface area (Å²) >= 11 is 0. The van der Waals surface area contributed by atoms with Crippen molar-refractivity contribution in [2.75, 3.05) is 6.61 Å². The van der Waals surface area contributed by atoms with Gasteiger partial charge in [0.05, 0.1) is 12.7 Å². The molecule has 0 aromatic carbocycles. The van der Waals surface area contributed by atoms with Gasteiger partial charge in [0.15, 0.2) is 0 Å². The molecule has 0 saturated heterocycles. The van der Waals surface area contributed by atoms with Crippen molar-refractivity contribution in [3.05, 3.63) is 0 Å². The molecule has 0 amide bonds. The lowest BCUT2D eigenvalue weighted by Crippen LogP contribution is -2.10. The maximum absolute atomic E-state index is 9.27. The first-order chi connectivity index (χ1) is 13.8. The summed E-state index contributed by atoms with van der Waals surface area (Å²) in [5.74, 6) is 0. The Balaban J connectivity index is 3.00. The molecule has 1 atom stereocenters. The largest absolute Gasteiger partial charge is 0.394 e. The SMILES string of the molecule is CCCCCCCCCCCCCCCCCCCCCCCCC(O)CO. The summed E-state index contributed by atoms with van der Waals surface area (Å²) < 4.78 is 0. The minimum Gasteiger partial charge on any atom is -0.394 e. The van der Waals surface area contributed by atoms with E-state index in [9.17, 15) is 5.11 Å². The lowest BCUT2D eigenvalue weighted by atomic mass is 10.0. The summed E-state index contributed by atoms with van der Waals surface area (Å²) in [6, 6.07) is 0. The van der Waals surface area contributed by atoms with E-state index in [4.69, 9.17) is 5.11 Å². The van der Waals surface area contributed by atoms with Gasteiger partial charge in [-0.2, -0.15) is 0 Å². The zero-order valence-electron chi connectivity index (χ0n) is 19.4. The molecule has 0 aliphatic heterocycles. The molecule has 28 heavy (non-hydrogen) atoms. The topological polar surface area (TPSA) is 40.5 Å². The van der Waals surface area contributed by atoms with Crippen molar-refractivity contribution >= 4 is 0 Å². The van der Waals surface area contributed by atoms with E-state index in [1.54, 1.807) is 0 Å². The summed E-state index contributed by atoms with van der Waals surface area (Å²) in [6.45, 7) is 2.21. The third-order valence-electron chi connectivity index (χ3n) is 6.10. The summed E-state index contributed by atoms with van der Waals surface area (Å²) in [7, 11) is 0. The first-order valence-electron chi connectivity index (χ1n) is 13.1. The lowest BCUT2D eigenvalue weighted by molar-refractivity contribution is 0.0860. The summed E-state index contributed by atoms with van der Waals surface area (Å²) in [5, 5.41) is 18.0. The van der Waals surface area contributed by atoms with Gasteiger partial charge in [-0.25, -0.2) is 0 Å². The smallest absolute Gasteiger partial charge is 0.0770 e. The zero-order valence-corrected chi connectivity index (χ0v) is 19.4. The van der Waals surface area contributed by atoms with Crippen LogP contribution in [0.5, 0.6) is 0 Å². The Hall–Kier alpha value is -0.0800. The van der Waals surface area contributed by atoms with Gasteiger partial charge in [-0.3, -0.25) is 0 Å². The van der Waals surface area contributed by atoms with Gasteiger partial charge in [0.1, 0.15) is 0 Å². The first-order valence-corrected chi connectivity index (χ1v) is 13.1. The second-order valence-corrected chi connectivity index (χ2v) is 9.05. The quantitative estimate of drug-likeness (QED) is 0.160. The fourth-order valence-corrected chi connectivity index (χ4v) is 4.08. The van der Waals surface area contributed by atoms with Crippen molar-refractivity contribution in [1.82, 2.24) is 0 Å². The van der Waals surface area contributed by atoms with E-state index in [0.29, 0.717) is 0 Å². The molecule has 0 aliphatic carbocycles. The van der Waals surface area contributed by atoms with Crippen LogP contribution in [0.2, 0.25) is 0 Å². The van der Waals surface area contributed by atoms with Gasteiger partial charge in [0.25, 0.3) is 0 Å². The Kier molecular flexibility index (Phi) is 24.9. The highest BCUT2D eigenvalue weighted by Crippen LogP contribution is 2.15. The molecular weight excluding hydrogens is 344 g/mol. The van der Waals surface area contributed by atoms with Crippen molar-refractivity contribution < 1.29 is 10.2 Å². The van der Waals surface area contributed by atoms with Crippen LogP contribution < -0.4 is 0 Å². The second kappa shape index (κ2) is 25.0. The van der Waals surface area contributed by atoms with Crippen LogP contribution in [0.1, 0.15) is 155 Å². The standard InChI is InChI=1S/C26H54O2/c1-2-3-4-5-6-7-8-9-10-11-12-13-14-15-16-17-18-19-20-21-22-23-24-26(28)25-27/h26-28H,2-25H2,1H3. The second-order valence-electron chi connectivity index (χ2n) is 9.05. The molecule has 0 aromatic rings. The van der Waals surface area contributed by atoms with Crippen molar-refractivity contribution in [2.24, 2.45) is 0 Å². The minimum atomic E-state index is -0.495. The minimum absolute atomic E-state index is 0.0841. The summed E-state index contributed by atoms with van der Waals surface area (Å²) in [4.78, 5) is 0. The van der Waals surface area contributed by atoms with E-state index >= 15 is 0 Å². The highest BCUT2D eigenvalue weighted by atomic mass is 16.3. The molecule has 0 radical (unpaired) electrons. The Morgan fingerprint density at radius 1 is 0.429 bits per heavy atom. The molecule has 0 aromatic heterocycles. The van der Waals surface area contributed by atoms with Crippen LogP contribution in [0.15, 0.2) is 0 Å².